The van der Waals surface area contributed by atoms with E-state index < -0.39 is 5.97 Å². The number of nitrogens with one attached hydrogen (secondary N) is 1. The summed E-state index contributed by atoms with van der Waals surface area (Å²) in [7, 11) is 6.26. The minimum atomic E-state index is -1.14. The van der Waals surface area contributed by atoms with Crippen LogP contribution in [0.2, 0.25) is 10.0 Å². The molecule has 2 aromatic rings. The molecule has 0 radical (unpaired) electrons. The maximum Gasteiger partial charge on any atom is 0.341 e. The van der Waals surface area contributed by atoms with Crippen LogP contribution in [0, 0.1) is 11.8 Å². The van der Waals surface area contributed by atoms with Gasteiger partial charge in [0.15, 0.2) is 0 Å². The van der Waals surface area contributed by atoms with Gasteiger partial charge >= 0.3 is 17.9 Å². The van der Waals surface area contributed by atoms with Crippen LogP contribution in [0.1, 0.15) is 111 Å². The number of hydrogen-bond donors (Lipinski definition) is 5. The normalized spacial score (nSPS) is 27.2. The number of fused-ring (bicyclic) bond motifs is 6. The molecule has 8 heterocycles. The van der Waals surface area contributed by atoms with Gasteiger partial charge in [0.25, 0.3) is 5.91 Å². The molecule has 10 rings (SSSR count). The van der Waals surface area contributed by atoms with Crippen LogP contribution in [0.4, 0.5) is 11.4 Å². The van der Waals surface area contributed by atoms with Crippen molar-refractivity contribution < 1.29 is 52.7 Å². The second-order valence-corrected chi connectivity index (χ2v) is 21.7. The van der Waals surface area contributed by atoms with E-state index in [1.165, 1.54) is 52.3 Å². The number of esters is 2. The summed E-state index contributed by atoms with van der Waals surface area (Å²) < 4.78 is 32.9. The molecule has 8 saturated heterocycles. The largest absolute Gasteiger partial charge is 0.496 e. The van der Waals surface area contributed by atoms with Gasteiger partial charge < -0.3 is 65.8 Å². The lowest BCUT2D eigenvalue weighted by Crippen LogP contribution is -2.55. The van der Waals surface area contributed by atoms with Crippen LogP contribution in [0.15, 0.2) is 24.3 Å². The number of nitrogen functional groups attached to an aromatic ring is 2. The molecule has 8 fully saturated rings. The van der Waals surface area contributed by atoms with E-state index in [-0.39, 0.29) is 81.3 Å². The molecule has 0 spiro atoms. The fourth-order valence-electron chi connectivity index (χ4n) is 11.3. The fraction of sp³-hybridized carbons (Fsp3) is 0.704. The van der Waals surface area contributed by atoms with Crippen molar-refractivity contribution in [2.75, 3.05) is 118 Å². The molecule has 2 aromatic carbocycles. The van der Waals surface area contributed by atoms with E-state index in [0.717, 1.165) is 130 Å². The first kappa shape index (κ1) is 60.1. The van der Waals surface area contributed by atoms with Gasteiger partial charge in [0.05, 0.1) is 42.5 Å². The zero-order chi connectivity index (χ0) is 54.0. The number of carboxylic acids is 1. The number of hydrogen-bond acceptors (Lipinski definition) is 17. The quantitative estimate of drug-likeness (QED) is 0.0562. The highest BCUT2D eigenvalue weighted by Crippen LogP contribution is 2.33. The smallest absolute Gasteiger partial charge is 0.341 e. The van der Waals surface area contributed by atoms with Crippen LogP contribution in [0.5, 0.6) is 11.5 Å². The summed E-state index contributed by atoms with van der Waals surface area (Å²) in [5.41, 5.74) is 18.3. The van der Waals surface area contributed by atoms with Gasteiger partial charge in [-0.05, 0) is 134 Å². The number of ether oxygens (including phenoxy) is 6. The third kappa shape index (κ3) is 17.9. The number of benzene rings is 2. The topological polar surface area (TPSA) is 247 Å². The van der Waals surface area contributed by atoms with Gasteiger partial charge in [-0.1, -0.05) is 36.0 Å². The number of unbranched alkanes of at least 4 members (excludes halogenated alkanes) is 4. The number of methoxy groups -OCH3 is 4. The lowest BCUT2D eigenvalue weighted by Gasteiger charge is -2.43. The summed E-state index contributed by atoms with van der Waals surface area (Å²) >= 11 is 12.0. The number of halogens is 2. The van der Waals surface area contributed by atoms with E-state index in [2.05, 4.69) is 24.9 Å². The molecule has 75 heavy (non-hydrogen) atoms. The van der Waals surface area contributed by atoms with Crippen molar-refractivity contribution in [2.45, 2.75) is 126 Å². The monoisotopic (exact) mass is 1090 g/mol. The molecule has 6 atom stereocenters. The van der Waals surface area contributed by atoms with Crippen LogP contribution in [0.3, 0.4) is 0 Å². The number of aromatic carboxylic acids is 1. The summed E-state index contributed by atoms with van der Waals surface area (Å²) in [5, 5.41) is 12.2. The first-order chi connectivity index (χ1) is 36.1. The maximum atomic E-state index is 13.0. The predicted octanol–water partition coefficient (Wildman–Crippen LogP) is 5.81. The number of rotatable bonds is 21. The van der Waals surface area contributed by atoms with E-state index in [4.69, 9.17) is 73.9 Å². The van der Waals surface area contributed by atoms with Gasteiger partial charge in [-0.2, -0.15) is 0 Å². The molecule has 0 aromatic heterocycles. The standard InChI is InChI=1S/C27H41ClN4O5.C19H35N3O3.C8H8ClNO3/c1-35-22-15-19(29)14-20(28)26(22)27(34)30-21-9-13-31(17-24(21)36-2)10-5-3-4-6-25(33)37-23-16-32-11-7-18(23)8-12-32;1-24-18-14-21(12-8-16(18)20)9-4-2-3-5-19(23)25-17-13-22-10-6-15(17)7-11-22;1-13-6-3-4(10)2-5(9)7(6)8(11)12/h14-15,18,21,23-24H,3-13,16-17,29H2,1-2H3,(H,30,34);15-18H,2-14,20H2,1H3;2-3H,10H2,1H3,(H,11,12)/t21?,23?,24-;16-,17?,18+;/m01./s1. The third-order valence-electron chi connectivity index (χ3n) is 15.8. The highest BCUT2D eigenvalue weighted by atomic mass is 35.5. The zero-order valence-electron chi connectivity index (χ0n) is 44.6. The summed E-state index contributed by atoms with van der Waals surface area (Å²) in [4.78, 5) is 57.7. The SMILES string of the molecule is CO[C@H]1CN(CCCCCC(=O)OC2CN3CCC2CC3)CC[C@H]1N.COc1cc(N)cc(Cl)c1C(=O)NC1CCN(CCCCCC(=O)OC2CN3CCC2CC3)C[C@@H]1OC.COc1cc(N)cc(Cl)c1C(=O)O. The molecule has 4 bridgehead atoms. The van der Waals surface area contributed by atoms with Crippen molar-refractivity contribution in [1.82, 2.24) is 24.9 Å². The minimum Gasteiger partial charge on any atom is -0.496 e. The van der Waals surface area contributed by atoms with Crippen LogP contribution in [-0.4, -0.2) is 192 Å². The van der Waals surface area contributed by atoms with Crippen molar-refractivity contribution in [3.8, 4) is 11.5 Å². The van der Waals surface area contributed by atoms with Crippen LogP contribution >= 0.6 is 23.2 Å². The van der Waals surface area contributed by atoms with Crippen LogP contribution in [-0.2, 0) is 28.5 Å². The Kier molecular flexibility index (Phi) is 24.1. The second-order valence-electron chi connectivity index (χ2n) is 20.9. The Balaban J connectivity index is 0.000000206. The molecular weight excluding hydrogens is 1010 g/mol. The van der Waals surface area contributed by atoms with E-state index in [9.17, 15) is 19.2 Å². The van der Waals surface area contributed by atoms with Crippen LogP contribution < -0.4 is 32.0 Å². The first-order valence-electron chi connectivity index (χ1n) is 27.0. The van der Waals surface area contributed by atoms with Crippen molar-refractivity contribution in [2.24, 2.45) is 17.6 Å². The van der Waals surface area contributed by atoms with Gasteiger partial charge in [0, 0.05) is 89.3 Å². The minimum absolute atomic E-state index is 0.00198. The highest BCUT2D eigenvalue weighted by Gasteiger charge is 2.38. The van der Waals surface area contributed by atoms with Crippen molar-refractivity contribution >= 4 is 58.4 Å². The number of amides is 1. The predicted molar refractivity (Wildman–Crippen MR) is 290 cm³/mol. The molecular formula is C54H84Cl2N8O11. The number of carbonyl (C=O) groups is 4. The number of nitrogens with two attached hydrogens (primary N) is 3. The molecule has 19 nitrogen and oxygen atoms in total. The molecule has 8 N–H and O–H groups in total. The van der Waals surface area contributed by atoms with E-state index in [1.807, 2.05) is 0 Å². The molecule has 3 unspecified atom stereocenters. The van der Waals surface area contributed by atoms with Gasteiger partial charge in [-0.15, -0.1) is 0 Å². The van der Waals surface area contributed by atoms with Crippen molar-refractivity contribution in [3.63, 3.8) is 0 Å². The number of likely N-dealkylation sites (tertiary alicyclic amines) is 2. The van der Waals surface area contributed by atoms with Crippen molar-refractivity contribution in [1.29, 1.82) is 0 Å². The number of carboxylic acid groups (broad SMARTS) is 1. The lowest BCUT2D eigenvalue weighted by molar-refractivity contribution is -0.159. The Labute approximate surface area is 453 Å². The number of nitrogens with zero attached hydrogens (tertiary/aromatic N) is 4. The number of carbonyl (C=O) groups excluding carboxylic acids is 3. The van der Waals surface area contributed by atoms with Crippen molar-refractivity contribution in [3.05, 3.63) is 45.4 Å². The first-order valence-corrected chi connectivity index (χ1v) is 27.7. The third-order valence-corrected chi connectivity index (χ3v) is 16.4. The Morgan fingerprint density at radius 2 is 1.04 bits per heavy atom. The Hall–Kier alpha value is -4.18. The molecule has 0 aliphatic carbocycles. The van der Waals surface area contributed by atoms with E-state index in [0.29, 0.717) is 41.8 Å². The van der Waals surface area contributed by atoms with E-state index >= 15 is 0 Å². The average Bonchev–Trinajstić information content (AvgIpc) is 3.39. The number of piperidine rings is 8. The molecule has 1 amide bonds. The van der Waals surface area contributed by atoms with E-state index in [1.54, 1.807) is 26.4 Å². The Morgan fingerprint density at radius 3 is 1.48 bits per heavy atom. The Bertz CT molecular complexity index is 2160. The molecule has 420 valence electrons. The highest BCUT2D eigenvalue weighted by molar-refractivity contribution is 6.35. The molecule has 21 heteroatoms. The van der Waals surface area contributed by atoms with Gasteiger partial charge in [-0.3, -0.25) is 24.2 Å². The lowest BCUT2D eigenvalue weighted by atomic mass is 9.86. The summed E-state index contributed by atoms with van der Waals surface area (Å²) in [5.74, 6) is 0.192. The second kappa shape index (κ2) is 30.1. The van der Waals surface area contributed by atoms with Gasteiger partial charge in [0.2, 0.25) is 0 Å². The summed E-state index contributed by atoms with van der Waals surface area (Å²) in [6.45, 7) is 12.1. The van der Waals surface area contributed by atoms with Gasteiger partial charge in [0.1, 0.15) is 34.8 Å². The summed E-state index contributed by atoms with van der Waals surface area (Å²) in [6, 6.07) is 5.96. The average molecular weight is 1090 g/mol. The Morgan fingerprint density at radius 1 is 0.587 bits per heavy atom. The number of anilines is 2. The zero-order valence-corrected chi connectivity index (χ0v) is 46.1. The fourth-order valence-corrected chi connectivity index (χ4v) is 11.9. The maximum absolute atomic E-state index is 13.0. The summed E-state index contributed by atoms with van der Waals surface area (Å²) in [6.07, 6.45) is 13.8. The van der Waals surface area contributed by atoms with Gasteiger partial charge in [-0.25, -0.2) is 4.79 Å². The van der Waals surface area contributed by atoms with Crippen LogP contribution in [0.25, 0.3) is 0 Å². The molecule has 8 aliphatic rings. The molecule has 0 saturated carbocycles. The molecule has 8 aliphatic heterocycles.